The van der Waals surface area contributed by atoms with E-state index in [1.807, 2.05) is 50.2 Å². The van der Waals surface area contributed by atoms with Gasteiger partial charge in [0.15, 0.2) is 6.10 Å². The summed E-state index contributed by atoms with van der Waals surface area (Å²) in [6, 6.07) is 13.4. The van der Waals surface area contributed by atoms with Crippen molar-refractivity contribution in [1.29, 1.82) is 0 Å². The molecule has 8 heteroatoms. The normalized spacial score (nSPS) is 13.7. The van der Waals surface area contributed by atoms with E-state index in [0.717, 1.165) is 27.5 Å². The second-order valence-electron chi connectivity index (χ2n) is 7.36. The van der Waals surface area contributed by atoms with Crippen molar-refractivity contribution in [1.82, 2.24) is 10.9 Å². The number of rotatable bonds is 6. The van der Waals surface area contributed by atoms with Crippen LogP contribution < -0.4 is 20.5 Å². The van der Waals surface area contributed by atoms with Gasteiger partial charge in [0.1, 0.15) is 5.75 Å². The van der Waals surface area contributed by atoms with Crippen molar-refractivity contribution in [3.8, 4) is 5.75 Å². The van der Waals surface area contributed by atoms with Gasteiger partial charge in [-0.05, 0) is 50.1 Å². The number of carbonyl (C=O) groups excluding carboxylic acids is 3. The summed E-state index contributed by atoms with van der Waals surface area (Å²) in [5.74, 6) is 0.437. The lowest BCUT2D eigenvalue weighted by Crippen LogP contribution is -2.47. The van der Waals surface area contributed by atoms with Gasteiger partial charge >= 0.3 is 0 Å². The van der Waals surface area contributed by atoms with E-state index >= 15 is 0 Å². The molecule has 1 heterocycles. The first-order valence-electron chi connectivity index (χ1n) is 10.2. The maximum absolute atomic E-state index is 12.6. The predicted octanol–water partition coefficient (Wildman–Crippen LogP) is 3.14. The Morgan fingerprint density at radius 2 is 1.84 bits per heavy atom. The first-order valence-corrected chi connectivity index (χ1v) is 11.2. The topological polar surface area (TPSA) is 87.7 Å². The molecule has 0 aliphatic carbocycles. The lowest BCUT2D eigenvalue weighted by Gasteiger charge is -2.29. The zero-order chi connectivity index (χ0) is 22.4. The molecule has 0 radical (unpaired) electrons. The summed E-state index contributed by atoms with van der Waals surface area (Å²) >= 11 is 1.72. The molecule has 0 spiro atoms. The van der Waals surface area contributed by atoms with Gasteiger partial charge in [-0.25, -0.2) is 0 Å². The summed E-state index contributed by atoms with van der Waals surface area (Å²) in [4.78, 5) is 39.8. The van der Waals surface area contributed by atoms with E-state index in [2.05, 4.69) is 10.9 Å². The Bertz CT molecular complexity index is 979. The SMILES string of the molecule is Cc1cccc(OC(C)C(=O)NNC(=O)CCC(=O)N2CCSc3ccccc32)c1C. The highest BCUT2D eigenvalue weighted by Gasteiger charge is 2.23. The van der Waals surface area contributed by atoms with Gasteiger partial charge in [0, 0.05) is 30.0 Å². The molecule has 164 valence electrons. The van der Waals surface area contributed by atoms with E-state index in [9.17, 15) is 14.4 Å². The fourth-order valence-corrected chi connectivity index (χ4v) is 4.17. The number of anilines is 1. The number of hydrogen-bond acceptors (Lipinski definition) is 5. The van der Waals surface area contributed by atoms with Crippen LogP contribution in [-0.4, -0.2) is 36.1 Å². The number of benzene rings is 2. The highest BCUT2D eigenvalue weighted by atomic mass is 32.2. The largest absolute Gasteiger partial charge is 0.481 e. The van der Waals surface area contributed by atoms with Crippen molar-refractivity contribution in [3.05, 3.63) is 53.6 Å². The van der Waals surface area contributed by atoms with Gasteiger partial charge in [-0.1, -0.05) is 24.3 Å². The average molecular weight is 442 g/mol. The van der Waals surface area contributed by atoms with Crippen LogP contribution in [0.4, 0.5) is 5.69 Å². The molecule has 0 fully saturated rings. The standard InChI is InChI=1S/C23H27N3O4S/c1-15-7-6-9-19(16(15)2)30-17(3)23(29)25-24-21(27)11-12-22(28)26-13-14-31-20-10-5-4-8-18(20)26/h4-10,17H,11-14H2,1-3H3,(H,24,27)(H,25,29). The minimum Gasteiger partial charge on any atom is -0.481 e. The number of ether oxygens (including phenoxy) is 1. The minimum absolute atomic E-state index is 0.0167. The van der Waals surface area contributed by atoms with Crippen molar-refractivity contribution in [2.24, 2.45) is 0 Å². The molecule has 2 aromatic rings. The van der Waals surface area contributed by atoms with E-state index in [4.69, 9.17) is 4.74 Å². The maximum atomic E-state index is 12.6. The highest BCUT2D eigenvalue weighted by molar-refractivity contribution is 7.99. The fraction of sp³-hybridized carbons (Fsp3) is 0.348. The van der Waals surface area contributed by atoms with Crippen molar-refractivity contribution < 1.29 is 19.1 Å². The third kappa shape index (κ3) is 5.79. The van der Waals surface area contributed by atoms with Crippen LogP contribution in [0.2, 0.25) is 0 Å². The molecule has 31 heavy (non-hydrogen) atoms. The Morgan fingerprint density at radius 3 is 2.65 bits per heavy atom. The number of nitrogens with zero attached hydrogens (tertiary/aromatic N) is 1. The Hall–Kier alpha value is -3.00. The molecular weight excluding hydrogens is 414 g/mol. The molecule has 1 atom stereocenters. The van der Waals surface area contributed by atoms with Crippen LogP contribution in [0.15, 0.2) is 47.4 Å². The number of hydrogen-bond donors (Lipinski definition) is 2. The second kappa shape index (κ2) is 10.3. The molecule has 2 N–H and O–H groups in total. The van der Waals surface area contributed by atoms with Crippen LogP contribution in [0, 0.1) is 13.8 Å². The summed E-state index contributed by atoms with van der Waals surface area (Å²) < 4.78 is 5.70. The second-order valence-corrected chi connectivity index (χ2v) is 8.49. The summed E-state index contributed by atoms with van der Waals surface area (Å²) in [6.07, 6.45) is -0.739. The molecule has 1 aliphatic heterocycles. The van der Waals surface area contributed by atoms with E-state index in [0.29, 0.717) is 12.3 Å². The number of nitrogens with one attached hydrogen (secondary N) is 2. The monoisotopic (exact) mass is 441 g/mol. The number of carbonyl (C=O) groups is 3. The lowest BCUT2D eigenvalue weighted by molar-refractivity contribution is -0.133. The first kappa shape index (κ1) is 22.7. The Kier molecular flexibility index (Phi) is 7.57. The van der Waals surface area contributed by atoms with Crippen LogP contribution in [0.1, 0.15) is 30.9 Å². The molecule has 0 aromatic heterocycles. The van der Waals surface area contributed by atoms with E-state index in [1.165, 1.54) is 0 Å². The number of thioether (sulfide) groups is 1. The van der Waals surface area contributed by atoms with Crippen LogP contribution in [0.5, 0.6) is 5.75 Å². The van der Waals surface area contributed by atoms with Crippen molar-refractivity contribution in [2.75, 3.05) is 17.2 Å². The van der Waals surface area contributed by atoms with E-state index < -0.39 is 17.9 Å². The van der Waals surface area contributed by atoms with Gasteiger partial charge in [0.25, 0.3) is 5.91 Å². The first-order chi connectivity index (χ1) is 14.9. The predicted molar refractivity (Wildman–Crippen MR) is 121 cm³/mol. The molecular formula is C23H27N3O4S. The van der Waals surface area contributed by atoms with Gasteiger partial charge in [0.05, 0.1) is 5.69 Å². The molecule has 7 nitrogen and oxygen atoms in total. The number of amides is 3. The van der Waals surface area contributed by atoms with Crippen LogP contribution in [0.25, 0.3) is 0 Å². The summed E-state index contributed by atoms with van der Waals surface area (Å²) in [5, 5.41) is 0. The van der Waals surface area contributed by atoms with Gasteiger partial charge in [-0.3, -0.25) is 25.2 Å². The molecule has 1 unspecified atom stereocenters. The van der Waals surface area contributed by atoms with Crippen LogP contribution >= 0.6 is 11.8 Å². The van der Waals surface area contributed by atoms with Crippen LogP contribution in [0.3, 0.4) is 0 Å². The fourth-order valence-electron chi connectivity index (χ4n) is 3.18. The molecule has 3 amide bonds. The Balaban J connectivity index is 1.44. The van der Waals surface area contributed by atoms with Crippen LogP contribution in [-0.2, 0) is 14.4 Å². The zero-order valence-corrected chi connectivity index (χ0v) is 18.8. The van der Waals surface area contributed by atoms with Gasteiger partial charge in [-0.2, -0.15) is 0 Å². The Labute approximate surface area is 186 Å². The number of aryl methyl sites for hydroxylation is 1. The number of para-hydroxylation sites is 1. The van der Waals surface area contributed by atoms with Gasteiger partial charge in [0.2, 0.25) is 11.8 Å². The molecule has 3 rings (SSSR count). The van der Waals surface area contributed by atoms with Crippen molar-refractivity contribution in [3.63, 3.8) is 0 Å². The molecule has 0 saturated heterocycles. The quantitative estimate of drug-likeness (QED) is 0.673. The third-order valence-corrected chi connectivity index (χ3v) is 6.19. The maximum Gasteiger partial charge on any atom is 0.279 e. The molecule has 0 saturated carbocycles. The summed E-state index contributed by atoms with van der Waals surface area (Å²) in [7, 11) is 0. The highest BCUT2D eigenvalue weighted by Crippen LogP contribution is 2.34. The summed E-state index contributed by atoms with van der Waals surface area (Å²) in [5.41, 5.74) is 7.64. The molecule has 2 aromatic carbocycles. The summed E-state index contributed by atoms with van der Waals surface area (Å²) in [6.45, 7) is 6.12. The third-order valence-electron chi connectivity index (χ3n) is 5.15. The lowest BCUT2D eigenvalue weighted by atomic mass is 10.1. The van der Waals surface area contributed by atoms with E-state index in [-0.39, 0.29) is 18.7 Å². The van der Waals surface area contributed by atoms with Crippen molar-refractivity contribution in [2.45, 2.75) is 44.6 Å². The number of hydrazine groups is 1. The van der Waals surface area contributed by atoms with Gasteiger partial charge < -0.3 is 9.64 Å². The van der Waals surface area contributed by atoms with Crippen molar-refractivity contribution >= 4 is 35.2 Å². The average Bonchev–Trinajstić information content (AvgIpc) is 2.78. The number of fused-ring (bicyclic) bond motifs is 1. The molecule has 0 bridgehead atoms. The zero-order valence-electron chi connectivity index (χ0n) is 17.9. The Morgan fingerprint density at radius 1 is 1.06 bits per heavy atom. The smallest absolute Gasteiger partial charge is 0.279 e. The van der Waals surface area contributed by atoms with E-state index in [1.54, 1.807) is 29.7 Å². The minimum atomic E-state index is -0.787. The van der Waals surface area contributed by atoms with Gasteiger partial charge in [-0.15, -0.1) is 11.8 Å². The molecule has 1 aliphatic rings.